The van der Waals surface area contributed by atoms with Crippen LogP contribution < -0.4 is 10.1 Å². The number of amides is 1. The quantitative estimate of drug-likeness (QED) is 0.727. The Kier molecular flexibility index (Phi) is 5.98. The van der Waals surface area contributed by atoms with E-state index in [0.717, 1.165) is 17.9 Å². The molecule has 130 valence electrons. The van der Waals surface area contributed by atoms with Crippen molar-refractivity contribution in [2.24, 2.45) is 5.92 Å². The normalized spacial score (nSPS) is 13.6. The standard InChI is InChI=1S/C18H25N3O3/c1-11(2)9-14-10-16(21-20-14)18(23)19-12(3)17(22)13-5-7-15(24-4)8-6-13/h5-8,10-12,17,22H,9H2,1-4H3,(H,19,23)(H,20,21). The predicted octanol–water partition coefficient (Wildman–Crippen LogP) is 2.47. The first kappa shape index (κ1) is 18.0. The maximum atomic E-state index is 12.3. The molecule has 0 aliphatic heterocycles. The Bertz CT molecular complexity index is 664. The summed E-state index contributed by atoms with van der Waals surface area (Å²) >= 11 is 0. The van der Waals surface area contributed by atoms with E-state index in [-0.39, 0.29) is 5.91 Å². The van der Waals surface area contributed by atoms with Crippen molar-refractivity contribution in [3.8, 4) is 5.75 Å². The monoisotopic (exact) mass is 331 g/mol. The number of nitrogens with one attached hydrogen (secondary N) is 2. The van der Waals surface area contributed by atoms with E-state index in [9.17, 15) is 9.90 Å². The number of hydrogen-bond acceptors (Lipinski definition) is 4. The lowest BCUT2D eigenvalue weighted by Crippen LogP contribution is -2.37. The number of ether oxygens (including phenoxy) is 1. The molecule has 6 nitrogen and oxygen atoms in total. The molecule has 3 N–H and O–H groups in total. The lowest BCUT2D eigenvalue weighted by molar-refractivity contribution is 0.0847. The number of aromatic amines is 1. The molecule has 24 heavy (non-hydrogen) atoms. The van der Waals surface area contributed by atoms with Crippen LogP contribution in [0.5, 0.6) is 5.75 Å². The molecule has 1 heterocycles. The number of aliphatic hydroxyl groups is 1. The van der Waals surface area contributed by atoms with Gasteiger partial charge in [-0.25, -0.2) is 0 Å². The van der Waals surface area contributed by atoms with Gasteiger partial charge < -0.3 is 15.2 Å². The first-order chi connectivity index (χ1) is 11.4. The van der Waals surface area contributed by atoms with Gasteiger partial charge >= 0.3 is 0 Å². The highest BCUT2D eigenvalue weighted by molar-refractivity contribution is 5.92. The molecular formula is C18H25N3O3. The Balaban J connectivity index is 1.98. The smallest absolute Gasteiger partial charge is 0.272 e. The molecule has 0 fully saturated rings. The van der Waals surface area contributed by atoms with Crippen LogP contribution in [0.4, 0.5) is 0 Å². The van der Waals surface area contributed by atoms with Crippen molar-refractivity contribution in [2.45, 2.75) is 39.3 Å². The SMILES string of the molecule is COc1ccc(C(O)C(C)NC(=O)c2cc(CC(C)C)[nH]n2)cc1. The second-order valence-corrected chi connectivity index (χ2v) is 6.36. The van der Waals surface area contributed by atoms with Gasteiger partial charge in [0.05, 0.1) is 19.3 Å². The summed E-state index contributed by atoms with van der Waals surface area (Å²) in [5, 5.41) is 20.1. The van der Waals surface area contributed by atoms with E-state index in [0.29, 0.717) is 17.2 Å². The largest absolute Gasteiger partial charge is 0.497 e. The van der Waals surface area contributed by atoms with Crippen LogP contribution in [-0.2, 0) is 6.42 Å². The Labute approximate surface area is 142 Å². The van der Waals surface area contributed by atoms with Crippen molar-refractivity contribution in [1.82, 2.24) is 15.5 Å². The fourth-order valence-corrected chi connectivity index (χ4v) is 2.47. The van der Waals surface area contributed by atoms with E-state index in [2.05, 4.69) is 29.4 Å². The maximum Gasteiger partial charge on any atom is 0.272 e. The lowest BCUT2D eigenvalue weighted by atomic mass is 10.0. The van der Waals surface area contributed by atoms with E-state index >= 15 is 0 Å². The third kappa shape index (κ3) is 4.58. The predicted molar refractivity (Wildman–Crippen MR) is 92.0 cm³/mol. The number of aromatic nitrogens is 2. The average molecular weight is 331 g/mol. The zero-order valence-corrected chi connectivity index (χ0v) is 14.5. The minimum Gasteiger partial charge on any atom is -0.497 e. The fraction of sp³-hybridized carbons (Fsp3) is 0.444. The molecule has 1 aromatic heterocycles. The Morgan fingerprint density at radius 2 is 1.96 bits per heavy atom. The van der Waals surface area contributed by atoms with Gasteiger partial charge in [0, 0.05) is 5.69 Å². The van der Waals surface area contributed by atoms with Gasteiger partial charge in [-0.3, -0.25) is 9.89 Å². The molecule has 2 atom stereocenters. The molecule has 0 aliphatic rings. The molecule has 2 aromatic rings. The highest BCUT2D eigenvalue weighted by Gasteiger charge is 2.20. The highest BCUT2D eigenvalue weighted by atomic mass is 16.5. The van der Waals surface area contributed by atoms with Crippen molar-refractivity contribution >= 4 is 5.91 Å². The number of aliphatic hydroxyl groups excluding tert-OH is 1. The molecule has 1 amide bonds. The second-order valence-electron chi connectivity index (χ2n) is 6.36. The maximum absolute atomic E-state index is 12.3. The summed E-state index contributed by atoms with van der Waals surface area (Å²) in [6, 6.07) is 8.42. The van der Waals surface area contributed by atoms with Crippen LogP contribution in [0.15, 0.2) is 30.3 Å². The van der Waals surface area contributed by atoms with E-state index in [1.54, 1.807) is 44.4 Å². The number of nitrogens with zero attached hydrogens (tertiary/aromatic N) is 1. The molecule has 6 heteroatoms. The van der Waals surface area contributed by atoms with E-state index in [4.69, 9.17) is 4.74 Å². The summed E-state index contributed by atoms with van der Waals surface area (Å²) in [6.07, 6.45) is 0.0264. The van der Waals surface area contributed by atoms with Gasteiger partial charge in [-0.2, -0.15) is 5.10 Å². The highest BCUT2D eigenvalue weighted by Crippen LogP contribution is 2.20. The van der Waals surface area contributed by atoms with Gasteiger partial charge in [-0.05, 0) is 43.0 Å². The third-order valence-corrected chi connectivity index (χ3v) is 3.78. The zero-order chi connectivity index (χ0) is 17.7. The molecular weight excluding hydrogens is 306 g/mol. The molecule has 0 saturated carbocycles. The minimum atomic E-state index is -0.811. The molecule has 0 saturated heterocycles. The van der Waals surface area contributed by atoms with Crippen molar-refractivity contribution in [3.63, 3.8) is 0 Å². The second kappa shape index (κ2) is 7.97. The molecule has 2 rings (SSSR count). The van der Waals surface area contributed by atoms with Crippen LogP contribution in [0.1, 0.15) is 48.6 Å². The van der Waals surface area contributed by atoms with Crippen LogP contribution in [0.2, 0.25) is 0 Å². The van der Waals surface area contributed by atoms with Crippen LogP contribution in [0.3, 0.4) is 0 Å². The Morgan fingerprint density at radius 1 is 1.29 bits per heavy atom. The van der Waals surface area contributed by atoms with E-state index < -0.39 is 12.1 Å². The third-order valence-electron chi connectivity index (χ3n) is 3.78. The lowest BCUT2D eigenvalue weighted by Gasteiger charge is -2.20. The van der Waals surface area contributed by atoms with Gasteiger partial charge in [0.15, 0.2) is 0 Å². The molecule has 0 bridgehead atoms. The summed E-state index contributed by atoms with van der Waals surface area (Å²) in [5.41, 5.74) is 1.98. The first-order valence-corrected chi connectivity index (χ1v) is 8.08. The van der Waals surface area contributed by atoms with Crippen molar-refractivity contribution in [2.75, 3.05) is 7.11 Å². The summed E-state index contributed by atoms with van der Waals surface area (Å²) in [4.78, 5) is 12.3. The van der Waals surface area contributed by atoms with Crippen LogP contribution in [0, 0.1) is 5.92 Å². The van der Waals surface area contributed by atoms with Gasteiger partial charge in [0.2, 0.25) is 0 Å². The van der Waals surface area contributed by atoms with Gasteiger partial charge in [-0.15, -0.1) is 0 Å². The Hall–Kier alpha value is -2.34. The van der Waals surface area contributed by atoms with Gasteiger partial charge in [-0.1, -0.05) is 26.0 Å². The number of rotatable bonds is 7. The van der Waals surface area contributed by atoms with Crippen molar-refractivity contribution < 1.29 is 14.6 Å². The number of benzene rings is 1. The van der Waals surface area contributed by atoms with E-state index in [1.165, 1.54) is 0 Å². The molecule has 0 spiro atoms. The zero-order valence-electron chi connectivity index (χ0n) is 14.5. The summed E-state index contributed by atoms with van der Waals surface area (Å²) in [5.74, 6) is 0.898. The average Bonchev–Trinajstić information content (AvgIpc) is 3.02. The summed E-state index contributed by atoms with van der Waals surface area (Å²) in [6.45, 7) is 5.97. The topological polar surface area (TPSA) is 87.2 Å². The number of carbonyl (C=O) groups is 1. The molecule has 1 aromatic carbocycles. The van der Waals surface area contributed by atoms with E-state index in [1.807, 2.05) is 0 Å². The summed E-state index contributed by atoms with van der Waals surface area (Å²) < 4.78 is 5.10. The van der Waals surface area contributed by atoms with Crippen molar-refractivity contribution in [1.29, 1.82) is 0 Å². The van der Waals surface area contributed by atoms with Gasteiger partial charge in [0.25, 0.3) is 5.91 Å². The van der Waals surface area contributed by atoms with Crippen molar-refractivity contribution in [3.05, 3.63) is 47.3 Å². The Morgan fingerprint density at radius 3 is 2.54 bits per heavy atom. The van der Waals surface area contributed by atoms with Crippen LogP contribution >= 0.6 is 0 Å². The number of carbonyl (C=O) groups excluding carboxylic acids is 1. The van der Waals surface area contributed by atoms with Crippen LogP contribution in [-0.4, -0.2) is 34.4 Å². The first-order valence-electron chi connectivity index (χ1n) is 8.08. The van der Waals surface area contributed by atoms with Crippen LogP contribution in [0.25, 0.3) is 0 Å². The number of methoxy groups -OCH3 is 1. The molecule has 2 unspecified atom stereocenters. The summed E-state index contributed by atoms with van der Waals surface area (Å²) in [7, 11) is 1.59. The minimum absolute atomic E-state index is 0.304. The number of H-pyrrole nitrogens is 1. The molecule has 0 radical (unpaired) electrons. The fourth-order valence-electron chi connectivity index (χ4n) is 2.47. The molecule has 0 aliphatic carbocycles. The van der Waals surface area contributed by atoms with Gasteiger partial charge in [0.1, 0.15) is 11.4 Å². The number of hydrogen-bond donors (Lipinski definition) is 3.